The maximum atomic E-state index is 13.6. The number of nitrogens with two attached hydrogens (primary N) is 1. The molecule has 0 aliphatic carbocycles. The molecule has 0 fully saturated rings. The van der Waals surface area contributed by atoms with Gasteiger partial charge in [-0.3, -0.25) is 0 Å². The molecule has 1 aromatic carbocycles. The number of nitrogens with zero attached hydrogens (tertiary/aromatic N) is 3. The summed E-state index contributed by atoms with van der Waals surface area (Å²) in [5.41, 5.74) is 7.70. The van der Waals surface area contributed by atoms with Gasteiger partial charge in [0.1, 0.15) is 12.0 Å². The van der Waals surface area contributed by atoms with Crippen molar-refractivity contribution in [2.75, 3.05) is 12.8 Å². The second-order valence-corrected chi connectivity index (χ2v) is 4.02. The summed E-state index contributed by atoms with van der Waals surface area (Å²) in [6.07, 6.45) is 1.48. The summed E-state index contributed by atoms with van der Waals surface area (Å²) in [5.74, 6) is -0.0412. The van der Waals surface area contributed by atoms with Crippen LogP contribution in [0.4, 0.5) is 10.3 Å². The largest absolute Gasteiger partial charge is 0.494 e. The Kier molecular flexibility index (Phi) is 2.59. The number of hydrogen-bond donors (Lipinski definition) is 1. The average molecular weight is 262 g/mol. The van der Waals surface area contributed by atoms with Crippen LogP contribution < -0.4 is 10.5 Å². The summed E-state index contributed by atoms with van der Waals surface area (Å²) >= 11 is 0. The van der Waals surface area contributed by atoms with Crippen molar-refractivity contribution in [2.24, 2.45) is 0 Å². The summed E-state index contributed by atoms with van der Waals surface area (Å²) in [5, 5.41) is 3.81. The van der Waals surface area contributed by atoms with Crippen molar-refractivity contribution < 1.29 is 13.7 Å². The summed E-state index contributed by atoms with van der Waals surface area (Å²) in [7, 11) is 1.41. The first-order valence-electron chi connectivity index (χ1n) is 5.57. The Hall–Kier alpha value is -2.57. The Morgan fingerprint density at radius 3 is 3.00 bits per heavy atom. The van der Waals surface area contributed by atoms with Crippen LogP contribution in [0.3, 0.4) is 0 Å². The van der Waals surface area contributed by atoms with E-state index in [0.717, 1.165) is 0 Å². The van der Waals surface area contributed by atoms with Gasteiger partial charge >= 0.3 is 0 Å². The third kappa shape index (κ3) is 1.88. The number of methoxy groups -OCH3 is 1. The molecule has 0 aliphatic rings. The van der Waals surface area contributed by atoms with Crippen molar-refractivity contribution in [3.63, 3.8) is 0 Å². The molecule has 0 amide bonds. The molecule has 0 unspecified atom stereocenters. The number of ether oxygens (including phenoxy) is 1. The molecule has 3 rings (SSSR count). The Balaban J connectivity index is 2.15. The highest BCUT2D eigenvalue weighted by Gasteiger charge is 2.14. The molecule has 3 aromatic rings. The van der Waals surface area contributed by atoms with Gasteiger partial charge in [-0.05, 0) is 0 Å². The molecule has 2 aromatic heterocycles. The van der Waals surface area contributed by atoms with Crippen molar-refractivity contribution in [1.29, 1.82) is 0 Å². The van der Waals surface area contributed by atoms with E-state index in [9.17, 15) is 4.39 Å². The molecule has 0 aliphatic heterocycles. The normalized spacial score (nSPS) is 11.1. The molecule has 6 nitrogen and oxygen atoms in total. The Morgan fingerprint density at radius 1 is 1.47 bits per heavy atom. The highest BCUT2D eigenvalue weighted by Crippen LogP contribution is 2.26. The van der Waals surface area contributed by atoms with Gasteiger partial charge in [0.2, 0.25) is 5.95 Å². The van der Waals surface area contributed by atoms with Crippen LogP contribution in [0.1, 0.15) is 5.69 Å². The first kappa shape index (κ1) is 11.5. The Morgan fingerprint density at radius 2 is 2.32 bits per heavy atom. The van der Waals surface area contributed by atoms with Crippen LogP contribution >= 0.6 is 0 Å². The van der Waals surface area contributed by atoms with Crippen molar-refractivity contribution >= 4 is 17.0 Å². The molecule has 0 radical (unpaired) electrons. The van der Waals surface area contributed by atoms with Gasteiger partial charge in [0.25, 0.3) is 0 Å². The molecule has 2 N–H and O–H groups in total. The van der Waals surface area contributed by atoms with E-state index in [4.69, 9.17) is 15.0 Å². The van der Waals surface area contributed by atoms with Crippen LogP contribution in [0, 0.1) is 5.82 Å². The second kappa shape index (κ2) is 4.27. The van der Waals surface area contributed by atoms with Crippen LogP contribution in [0.2, 0.25) is 0 Å². The zero-order valence-electron chi connectivity index (χ0n) is 10.1. The number of nitrogen functional groups attached to an aromatic ring is 1. The summed E-state index contributed by atoms with van der Waals surface area (Å²) < 4.78 is 25.0. The minimum atomic E-state index is -0.471. The molecule has 98 valence electrons. The molecule has 0 saturated carbocycles. The van der Waals surface area contributed by atoms with Crippen molar-refractivity contribution in [1.82, 2.24) is 14.7 Å². The van der Waals surface area contributed by atoms with E-state index in [1.165, 1.54) is 19.4 Å². The average Bonchev–Trinajstić information content (AvgIpc) is 2.98. The molecule has 2 heterocycles. The van der Waals surface area contributed by atoms with E-state index in [0.29, 0.717) is 23.3 Å². The zero-order chi connectivity index (χ0) is 13.4. The first-order valence-corrected chi connectivity index (χ1v) is 5.57. The smallest absolute Gasteiger partial charge is 0.201 e. The van der Waals surface area contributed by atoms with E-state index in [2.05, 4.69) is 10.1 Å². The second-order valence-electron chi connectivity index (χ2n) is 4.02. The standard InChI is InChI=1S/C12H11FN4O2/c1-18-11-5-10-9(4-8(11)13)15-12(14)17(10)6-7-2-3-19-16-7/h2-5H,6H2,1H3,(H2,14,15). The van der Waals surface area contributed by atoms with Gasteiger partial charge in [-0.15, -0.1) is 0 Å². The molecule has 0 spiro atoms. The van der Waals surface area contributed by atoms with E-state index in [-0.39, 0.29) is 11.7 Å². The number of anilines is 1. The topological polar surface area (TPSA) is 79.1 Å². The fourth-order valence-corrected chi connectivity index (χ4v) is 1.95. The molecule has 7 heteroatoms. The Labute approximate surface area is 107 Å². The summed E-state index contributed by atoms with van der Waals surface area (Å²) in [4.78, 5) is 4.12. The van der Waals surface area contributed by atoms with E-state index >= 15 is 0 Å². The SMILES string of the molecule is COc1cc2c(cc1F)nc(N)n2Cc1ccon1. The number of imidazole rings is 1. The fourth-order valence-electron chi connectivity index (χ4n) is 1.95. The van der Waals surface area contributed by atoms with E-state index < -0.39 is 5.82 Å². The Bertz CT molecular complexity index is 721. The van der Waals surface area contributed by atoms with E-state index in [1.54, 1.807) is 16.7 Å². The molecular formula is C12H11FN4O2. The van der Waals surface area contributed by atoms with Crippen LogP contribution in [0.25, 0.3) is 11.0 Å². The highest BCUT2D eigenvalue weighted by atomic mass is 19.1. The molecule has 0 atom stereocenters. The lowest BCUT2D eigenvalue weighted by Gasteiger charge is -2.05. The van der Waals surface area contributed by atoms with Crippen LogP contribution in [-0.2, 0) is 6.54 Å². The maximum Gasteiger partial charge on any atom is 0.201 e. The van der Waals surface area contributed by atoms with Gasteiger partial charge < -0.3 is 19.6 Å². The van der Waals surface area contributed by atoms with Crippen molar-refractivity contribution in [3.8, 4) is 5.75 Å². The van der Waals surface area contributed by atoms with Crippen molar-refractivity contribution in [3.05, 3.63) is 36.0 Å². The lowest BCUT2D eigenvalue weighted by Crippen LogP contribution is -2.04. The van der Waals surface area contributed by atoms with Crippen LogP contribution in [0.5, 0.6) is 5.75 Å². The predicted molar refractivity (Wildman–Crippen MR) is 66.3 cm³/mol. The van der Waals surface area contributed by atoms with E-state index in [1.807, 2.05) is 0 Å². The minimum Gasteiger partial charge on any atom is -0.494 e. The zero-order valence-corrected chi connectivity index (χ0v) is 10.1. The van der Waals surface area contributed by atoms with Crippen LogP contribution in [0.15, 0.2) is 29.0 Å². The molecule has 19 heavy (non-hydrogen) atoms. The lowest BCUT2D eigenvalue weighted by atomic mass is 10.2. The number of benzene rings is 1. The van der Waals surface area contributed by atoms with Crippen LogP contribution in [-0.4, -0.2) is 21.8 Å². The van der Waals surface area contributed by atoms with Gasteiger partial charge in [-0.2, -0.15) is 0 Å². The highest BCUT2D eigenvalue weighted by molar-refractivity contribution is 5.80. The predicted octanol–water partition coefficient (Wildman–Crippen LogP) is 1.80. The third-order valence-electron chi connectivity index (χ3n) is 2.86. The van der Waals surface area contributed by atoms with Gasteiger partial charge in [0.15, 0.2) is 11.6 Å². The fraction of sp³-hybridized carbons (Fsp3) is 0.167. The van der Waals surface area contributed by atoms with Gasteiger partial charge in [0, 0.05) is 18.2 Å². The van der Waals surface area contributed by atoms with Crippen molar-refractivity contribution in [2.45, 2.75) is 6.54 Å². The summed E-state index contributed by atoms with van der Waals surface area (Å²) in [6.45, 7) is 0.396. The number of fused-ring (bicyclic) bond motifs is 1. The molecule has 0 saturated heterocycles. The van der Waals surface area contributed by atoms with Gasteiger partial charge in [-0.1, -0.05) is 5.16 Å². The van der Waals surface area contributed by atoms with Gasteiger partial charge in [0.05, 0.1) is 24.7 Å². The number of aromatic nitrogens is 3. The lowest BCUT2D eigenvalue weighted by molar-refractivity contribution is 0.387. The number of halogens is 1. The first-order chi connectivity index (χ1) is 9.19. The minimum absolute atomic E-state index is 0.147. The number of rotatable bonds is 3. The molecule has 0 bridgehead atoms. The maximum absolute atomic E-state index is 13.6. The van der Waals surface area contributed by atoms with Gasteiger partial charge in [-0.25, -0.2) is 9.37 Å². The third-order valence-corrected chi connectivity index (χ3v) is 2.86. The molecular weight excluding hydrogens is 251 g/mol. The monoisotopic (exact) mass is 262 g/mol. The number of hydrogen-bond acceptors (Lipinski definition) is 5. The summed E-state index contributed by atoms with van der Waals surface area (Å²) in [6, 6.07) is 4.59. The quantitative estimate of drug-likeness (QED) is 0.778.